The number of aryl methyl sites for hydroxylation is 1. The third-order valence-electron chi connectivity index (χ3n) is 3.79. The van der Waals surface area contributed by atoms with Gasteiger partial charge in [-0.15, -0.1) is 0 Å². The van der Waals surface area contributed by atoms with Gasteiger partial charge < -0.3 is 14.8 Å². The van der Waals surface area contributed by atoms with Crippen molar-refractivity contribution in [3.8, 4) is 17.2 Å². The highest BCUT2D eigenvalue weighted by Gasteiger charge is 2.09. The minimum absolute atomic E-state index is 0.148. The van der Waals surface area contributed by atoms with Crippen molar-refractivity contribution in [3.63, 3.8) is 0 Å². The van der Waals surface area contributed by atoms with E-state index in [2.05, 4.69) is 5.32 Å². The molecule has 0 aliphatic carbocycles. The first-order valence-corrected chi connectivity index (χ1v) is 7.94. The molecule has 0 unspecified atom stereocenters. The summed E-state index contributed by atoms with van der Waals surface area (Å²) in [6.45, 7) is 1.94. The Hall–Kier alpha value is -3.27. The summed E-state index contributed by atoms with van der Waals surface area (Å²) < 4.78 is 11.0. The molecule has 3 aromatic rings. The largest absolute Gasteiger partial charge is 0.497 e. The van der Waals surface area contributed by atoms with Gasteiger partial charge in [0.1, 0.15) is 17.2 Å². The SMILES string of the molecule is COc1ccc(Oc2ccc(C)c(NC(=O)c3ccccc3)c2)cc1. The van der Waals surface area contributed by atoms with E-state index in [0.717, 1.165) is 17.0 Å². The summed E-state index contributed by atoms with van der Waals surface area (Å²) in [6, 6.07) is 22.1. The molecule has 0 aliphatic rings. The van der Waals surface area contributed by atoms with Crippen molar-refractivity contribution < 1.29 is 14.3 Å². The minimum Gasteiger partial charge on any atom is -0.497 e. The summed E-state index contributed by atoms with van der Waals surface area (Å²) in [5, 5.41) is 2.93. The van der Waals surface area contributed by atoms with Crippen molar-refractivity contribution in [2.24, 2.45) is 0 Å². The summed E-state index contributed by atoms with van der Waals surface area (Å²) in [7, 11) is 1.62. The van der Waals surface area contributed by atoms with E-state index in [0.29, 0.717) is 17.1 Å². The van der Waals surface area contributed by atoms with Crippen LogP contribution in [0.2, 0.25) is 0 Å². The van der Waals surface area contributed by atoms with Gasteiger partial charge in [-0.3, -0.25) is 4.79 Å². The van der Waals surface area contributed by atoms with Crippen LogP contribution in [0.5, 0.6) is 17.2 Å². The number of hydrogen-bond acceptors (Lipinski definition) is 3. The Morgan fingerprint density at radius 1 is 0.840 bits per heavy atom. The molecule has 0 spiro atoms. The number of ether oxygens (including phenoxy) is 2. The van der Waals surface area contributed by atoms with Crippen LogP contribution in [0.25, 0.3) is 0 Å². The Labute approximate surface area is 147 Å². The number of amides is 1. The molecule has 0 aromatic heterocycles. The van der Waals surface area contributed by atoms with Crippen molar-refractivity contribution >= 4 is 11.6 Å². The van der Waals surface area contributed by atoms with E-state index in [1.807, 2.05) is 67.6 Å². The lowest BCUT2D eigenvalue weighted by molar-refractivity contribution is 0.102. The number of carbonyl (C=O) groups is 1. The number of rotatable bonds is 5. The smallest absolute Gasteiger partial charge is 0.255 e. The van der Waals surface area contributed by atoms with Crippen LogP contribution in [0.1, 0.15) is 15.9 Å². The summed E-state index contributed by atoms with van der Waals surface area (Å²) in [4.78, 5) is 12.3. The van der Waals surface area contributed by atoms with Gasteiger partial charge in [-0.2, -0.15) is 0 Å². The predicted octanol–water partition coefficient (Wildman–Crippen LogP) is 5.05. The van der Waals surface area contributed by atoms with Crippen molar-refractivity contribution in [1.29, 1.82) is 0 Å². The lowest BCUT2D eigenvalue weighted by Gasteiger charge is -2.12. The second kappa shape index (κ2) is 7.53. The van der Waals surface area contributed by atoms with Crippen LogP contribution in [0.4, 0.5) is 5.69 Å². The molecule has 4 heteroatoms. The third kappa shape index (κ3) is 4.18. The van der Waals surface area contributed by atoms with Crippen LogP contribution in [0.3, 0.4) is 0 Å². The van der Waals surface area contributed by atoms with E-state index in [4.69, 9.17) is 9.47 Å². The zero-order chi connectivity index (χ0) is 17.6. The van der Waals surface area contributed by atoms with E-state index in [9.17, 15) is 4.79 Å². The molecule has 0 bridgehead atoms. The van der Waals surface area contributed by atoms with Gasteiger partial charge in [0, 0.05) is 17.3 Å². The number of anilines is 1. The molecule has 0 atom stereocenters. The highest BCUT2D eigenvalue weighted by molar-refractivity contribution is 6.04. The fourth-order valence-corrected chi connectivity index (χ4v) is 2.36. The fraction of sp³-hybridized carbons (Fsp3) is 0.0952. The molecule has 126 valence electrons. The first-order chi connectivity index (χ1) is 12.2. The highest BCUT2D eigenvalue weighted by atomic mass is 16.5. The van der Waals surface area contributed by atoms with Crippen LogP contribution in [0.15, 0.2) is 72.8 Å². The molecular formula is C21H19NO3. The Balaban J connectivity index is 1.76. The van der Waals surface area contributed by atoms with Gasteiger partial charge in [0.05, 0.1) is 7.11 Å². The number of benzene rings is 3. The molecule has 0 saturated carbocycles. The van der Waals surface area contributed by atoms with Gasteiger partial charge in [0.25, 0.3) is 5.91 Å². The second-order valence-electron chi connectivity index (χ2n) is 5.57. The summed E-state index contributed by atoms with van der Waals surface area (Å²) >= 11 is 0. The Morgan fingerprint density at radius 3 is 2.16 bits per heavy atom. The van der Waals surface area contributed by atoms with Gasteiger partial charge in [-0.1, -0.05) is 24.3 Å². The molecule has 0 radical (unpaired) electrons. The van der Waals surface area contributed by atoms with E-state index in [-0.39, 0.29) is 5.91 Å². The zero-order valence-corrected chi connectivity index (χ0v) is 14.2. The molecule has 25 heavy (non-hydrogen) atoms. The number of nitrogens with one attached hydrogen (secondary N) is 1. The average Bonchev–Trinajstić information content (AvgIpc) is 2.66. The molecular weight excluding hydrogens is 314 g/mol. The normalized spacial score (nSPS) is 10.2. The van der Waals surface area contributed by atoms with Crippen LogP contribution >= 0.6 is 0 Å². The summed E-state index contributed by atoms with van der Waals surface area (Å²) in [6.07, 6.45) is 0. The number of methoxy groups -OCH3 is 1. The average molecular weight is 333 g/mol. The first kappa shape index (κ1) is 16.6. The standard InChI is InChI=1S/C21H19NO3/c1-15-8-9-19(25-18-12-10-17(24-2)11-13-18)14-20(15)22-21(23)16-6-4-3-5-7-16/h3-14H,1-2H3,(H,22,23). The summed E-state index contributed by atoms with van der Waals surface area (Å²) in [5.41, 5.74) is 2.30. The highest BCUT2D eigenvalue weighted by Crippen LogP contribution is 2.28. The van der Waals surface area contributed by atoms with Crippen molar-refractivity contribution in [2.75, 3.05) is 12.4 Å². The molecule has 1 amide bonds. The van der Waals surface area contributed by atoms with E-state index >= 15 is 0 Å². The number of carbonyl (C=O) groups excluding carboxylic acids is 1. The Morgan fingerprint density at radius 2 is 1.48 bits per heavy atom. The maximum atomic E-state index is 12.3. The molecule has 3 aromatic carbocycles. The zero-order valence-electron chi connectivity index (χ0n) is 14.2. The van der Waals surface area contributed by atoms with Crippen molar-refractivity contribution in [2.45, 2.75) is 6.92 Å². The summed E-state index contributed by atoms with van der Waals surface area (Å²) in [5.74, 6) is 1.97. The molecule has 0 saturated heterocycles. The van der Waals surface area contributed by atoms with Gasteiger partial charge >= 0.3 is 0 Å². The molecule has 0 heterocycles. The molecule has 0 aliphatic heterocycles. The van der Waals surface area contributed by atoms with E-state index in [1.54, 1.807) is 19.2 Å². The van der Waals surface area contributed by atoms with Crippen molar-refractivity contribution in [1.82, 2.24) is 0 Å². The second-order valence-corrected chi connectivity index (χ2v) is 5.57. The van der Waals surface area contributed by atoms with Crippen LogP contribution < -0.4 is 14.8 Å². The molecule has 4 nitrogen and oxygen atoms in total. The van der Waals surface area contributed by atoms with Crippen LogP contribution in [0, 0.1) is 6.92 Å². The van der Waals surface area contributed by atoms with Gasteiger partial charge in [0.2, 0.25) is 0 Å². The van der Waals surface area contributed by atoms with Gasteiger partial charge in [-0.05, 0) is 55.0 Å². The Kier molecular flexibility index (Phi) is 5.00. The first-order valence-electron chi connectivity index (χ1n) is 7.94. The quantitative estimate of drug-likeness (QED) is 0.711. The van der Waals surface area contributed by atoms with Gasteiger partial charge in [-0.25, -0.2) is 0 Å². The lowest BCUT2D eigenvalue weighted by Crippen LogP contribution is -2.12. The predicted molar refractivity (Wildman–Crippen MR) is 98.6 cm³/mol. The van der Waals surface area contributed by atoms with Gasteiger partial charge in [0.15, 0.2) is 0 Å². The maximum absolute atomic E-state index is 12.3. The fourth-order valence-electron chi connectivity index (χ4n) is 2.36. The van der Waals surface area contributed by atoms with E-state index in [1.165, 1.54) is 0 Å². The van der Waals surface area contributed by atoms with E-state index < -0.39 is 0 Å². The monoisotopic (exact) mass is 333 g/mol. The minimum atomic E-state index is -0.148. The third-order valence-corrected chi connectivity index (χ3v) is 3.79. The molecule has 3 rings (SSSR count). The molecule has 0 fully saturated rings. The Bertz CT molecular complexity index is 858. The van der Waals surface area contributed by atoms with Crippen LogP contribution in [-0.2, 0) is 0 Å². The lowest BCUT2D eigenvalue weighted by atomic mass is 10.1. The van der Waals surface area contributed by atoms with Crippen LogP contribution in [-0.4, -0.2) is 13.0 Å². The van der Waals surface area contributed by atoms with Crippen molar-refractivity contribution in [3.05, 3.63) is 83.9 Å². The number of hydrogen-bond donors (Lipinski definition) is 1. The molecule has 1 N–H and O–H groups in total. The maximum Gasteiger partial charge on any atom is 0.255 e. The topological polar surface area (TPSA) is 47.6 Å².